The molecule has 1 rings (SSSR count). The zero-order valence-electron chi connectivity index (χ0n) is 10.5. The van der Waals surface area contributed by atoms with Crippen LogP contribution in [0.4, 0.5) is 4.79 Å². The van der Waals surface area contributed by atoms with Crippen molar-refractivity contribution in [2.75, 3.05) is 25.4 Å². The smallest absolute Gasteiger partial charge is 0.317 e. The molecule has 19 heavy (non-hydrogen) atoms. The highest BCUT2D eigenvalue weighted by Crippen LogP contribution is 2.20. The number of carboxylic acids is 1. The molecule has 1 aliphatic rings. The van der Waals surface area contributed by atoms with Crippen LogP contribution >= 0.6 is 0 Å². The minimum atomic E-state index is -3.57. The Morgan fingerprint density at radius 3 is 2.37 bits per heavy atom. The highest BCUT2D eigenvalue weighted by molar-refractivity contribution is 7.89. The highest BCUT2D eigenvalue weighted by Gasteiger charge is 2.24. The van der Waals surface area contributed by atoms with Gasteiger partial charge >= 0.3 is 12.0 Å². The number of amides is 2. The summed E-state index contributed by atoms with van der Waals surface area (Å²) in [5.74, 6) is -1.02. The molecule has 0 aromatic carbocycles. The summed E-state index contributed by atoms with van der Waals surface area (Å²) in [6.45, 7) is 0.949. The molecule has 4 N–H and O–H groups in total. The van der Waals surface area contributed by atoms with Gasteiger partial charge in [-0.3, -0.25) is 4.79 Å². The van der Waals surface area contributed by atoms with Gasteiger partial charge in [-0.2, -0.15) is 0 Å². The van der Waals surface area contributed by atoms with Gasteiger partial charge in [0.05, 0.1) is 5.75 Å². The number of hydrogen-bond acceptors (Lipinski definition) is 4. The van der Waals surface area contributed by atoms with Crippen molar-refractivity contribution < 1.29 is 23.1 Å². The van der Waals surface area contributed by atoms with Crippen LogP contribution in [0.2, 0.25) is 0 Å². The number of carbonyl (C=O) groups is 2. The fraction of sp³-hybridized carbons (Fsp3) is 0.800. The van der Waals surface area contributed by atoms with Crippen molar-refractivity contribution in [1.82, 2.24) is 10.2 Å². The van der Waals surface area contributed by atoms with Crippen LogP contribution in [0, 0.1) is 5.92 Å². The van der Waals surface area contributed by atoms with E-state index in [9.17, 15) is 18.0 Å². The summed E-state index contributed by atoms with van der Waals surface area (Å²) in [4.78, 5) is 23.8. The molecule has 1 fully saturated rings. The zero-order chi connectivity index (χ0) is 14.5. The molecule has 0 bridgehead atoms. The predicted octanol–water partition coefficient (Wildman–Crippen LogP) is -0.829. The molecule has 1 heterocycles. The lowest BCUT2D eigenvalue weighted by Crippen LogP contribution is -2.46. The number of urea groups is 1. The molecule has 0 aromatic rings. The van der Waals surface area contributed by atoms with Crippen LogP contribution in [0.3, 0.4) is 0 Å². The number of sulfonamides is 1. The van der Waals surface area contributed by atoms with Gasteiger partial charge in [-0.15, -0.1) is 0 Å². The topological polar surface area (TPSA) is 130 Å². The lowest BCUT2D eigenvalue weighted by atomic mass is 9.94. The first-order valence-electron chi connectivity index (χ1n) is 6.03. The molecule has 2 amide bonds. The van der Waals surface area contributed by atoms with Gasteiger partial charge in [-0.05, 0) is 18.8 Å². The molecule has 0 atom stereocenters. The lowest BCUT2D eigenvalue weighted by molar-refractivity contribution is -0.138. The summed E-state index contributed by atoms with van der Waals surface area (Å²) < 4.78 is 21.4. The number of nitrogens with zero attached hydrogens (tertiary/aromatic N) is 1. The van der Waals surface area contributed by atoms with Crippen molar-refractivity contribution in [2.45, 2.75) is 19.3 Å². The van der Waals surface area contributed by atoms with E-state index in [-0.39, 0.29) is 30.7 Å². The second kappa shape index (κ2) is 6.71. The first-order valence-corrected chi connectivity index (χ1v) is 7.74. The fourth-order valence-corrected chi connectivity index (χ4v) is 2.39. The fourth-order valence-electron chi connectivity index (χ4n) is 2.00. The Bertz CT molecular complexity index is 428. The minimum Gasteiger partial charge on any atom is -0.481 e. The molecule has 0 aromatic heterocycles. The minimum absolute atomic E-state index is 0.0211. The number of likely N-dealkylation sites (tertiary alicyclic amines) is 1. The van der Waals surface area contributed by atoms with Crippen molar-refractivity contribution in [3.63, 3.8) is 0 Å². The van der Waals surface area contributed by atoms with E-state index in [2.05, 4.69) is 5.32 Å². The van der Waals surface area contributed by atoms with E-state index in [0.717, 1.165) is 0 Å². The molecule has 0 aliphatic carbocycles. The number of carbonyl (C=O) groups excluding carboxylic acids is 1. The monoisotopic (exact) mass is 293 g/mol. The first kappa shape index (κ1) is 15.7. The Kier molecular flexibility index (Phi) is 5.55. The van der Waals surface area contributed by atoms with Gasteiger partial charge in [0.2, 0.25) is 10.0 Å². The molecular formula is C10H19N3O5S. The first-order chi connectivity index (χ1) is 8.78. The summed E-state index contributed by atoms with van der Waals surface area (Å²) >= 11 is 0. The molecular weight excluding hydrogens is 274 g/mol. The summed E-state index contributed by atoms with van der Waals surface area (Å²) in [5.41, 5.74) is 0. The third kappa shape index (κ3) is 6.39. The molecule has 1 saturated heterocycles. The molecule has 1 aliphatic heterocycles. The maximum atomic E-state index is 11.7. The van der Waals surface area contributed by atoms with Crippen LogP contribution in [0.25, 0.3) is 0 Å². The summed E-state index contributed by atoms with van der Waals surface area (Å²) in [6.07, 6.45) is 1.42. The van der Waals surface area contributed by atoms with Crippen LogP contribution < -0.4 is 10.5 Å². The SMILES string of the molecule is NS(=O)(=O)CCNC(=O)N1CCC(CC(=O)O)CC1. The second-order valence-corrected chi connectivity index (χ2v) is 6.36. The Labute approximate surface area is 112 Å². The number of piperidine rings is 1. The van der Waals surface area contributed by atoms with E-state index in [1.54, 1.807) is 4.90 Å². The van der Waals surface area contributed by atoms with E-state index >= 15 is 0 Å². The molecule has 9 heteroatoms. The van der Waals surface area contributed by atoms with Crippen LogP contribution in [0.1, 0.15) is 19.3 Å². The normalized spacial score (nSPS) is 17.2. The lowest BCUT2D eigenvalue weighted by Gasteiger charge is -2.31. The summed E-state index contributed by atoms with van der Waals surface area (Å²) in [5, 5.41) is 16.0. The summed E-state index contributed by atoms with van der Waals surface area (Å²) in [7, 11) is -3.57. The van der Waals surface area contributed by atoms with Gasteiger partial charge in [-0.1, -0.05) is 0 Å². The molecule has 0 radical (unpaired) electrons. The van der Waals surface area contributed by atoms with Crippen molar-refractivity contribution in [3.05, 3.63) is 0 Å². The molecule has 110 valence electrons. The molecule has 8 nitrogen and oxygen atoms in total. The zero-order valence-corrected chi connectivity index (χ0v) is 11.4. The maximum Gasteiger partial charge on any atom is 0.317 e. The van der Waals surface area contributed by atoms with Crippen molar-refractivity contribution in [1.29, 1.82) is 0 Å². The number of carboxylic acid groups (broad SMARTS) is 1. The van der Waals surface area contributed by atoms with E-state index in [0.29, 0.717) is 25.9 Å². The van der Waals surface area contributed by atoms with Crippen molar-refractivity contribution in [3.8, 4) is 0 Å². The Morgan fingerprint density at radius 2 is 1.89 bits per heavy atom. The predicted molar refractivity (Wildman–Crippen MR) is 67.9 cm³/mol. The summed E-state index contributed by atoms with van der Waals surface area (Å²) in [6, 6.07) is -0.336. The van der Waals surface area contributed by atoms with Gasteiger partial charge in [0.25, 0.3) is 0 Å². The van der Waals surface area contributed by atoms with Crippen LogP contribution in [-0.4, -0.2) is 55.8 Å². The van der Waals surface area contributed by atoms with Gasteiger partial charge in [0, 0.05) is 26.1 Å². The molecule has 0 spiro atoms. The second-order valence-electron chi connectivity index (χ2n) is 4.63. The van der Waals surface area contributed by atoms with E-state index in [1.807, 2.05) is 0 Å². The number of hydrogen-bond donors (Lipinski definition) is 3. The Hall–Kier alpha value is -1.35. The molecule has 0 unspecified atom stereocenters. The van der Waals surface area contributed by atoms with E-state index in [1.165, 1.54) is 0 Å². The quantitative estimate of drug-likeness (QED) is 0.609. The number of nitrogens with one attached hydrogen (secondary N) is 1. The van der Waals surface area contributed by atoms with Gasteiger partial charge in [-0.25, -0.2) is 18.4 Å². The number of primary sulfonamides is 1. The number of nitrogens with two attached hydrogens (primary N) is 1. The van der Waals surface area contributed by atoms with Crippen molar-refractivity contribution in [2.24, 2.45) is 11.1 Å². The maximum absolute atomic E-state index is 11.7. The molecule has 0 saturated carbocycles. The Balaban J connectivity index is 2.27. The van der Waals surface area contributed by atoms with E-state index in [4.69, 9.17) is 10.2 Å². The van der Waals surface area contributed by atoms with Gasteiger partial charge in [0.15, 0.2) is 0 Å². The third-order valence-electron chi connectivity index (χ3n) is 3.03. The van der Waals surface area contributed by atoms with Gasteiger partial charge < -0.3 is 15.3 Å². The average Bonchev–Trinajstić information content (AvgIpc) is 2.27. The number of rotatable bonds is 5. The number of aliphatic carboxylic acids is 1. The average molecular weight is 293 g/mol. The standard InChI is InChI=1S/C10H19N3O5S/c11-19(17,18)6-3-12-10(16)13-4-1-8(2-5-13)7-9(14)15/h8H,1-7H2,(H,12,16)(H,14,15)(H2,11,17,18). The Morgan fingerprint density at radius 1 is 1.32 bits per heavy atom. The van der Waals surface area contributed by atoms with Crippen LogP contribution in [0.15, 0.2) is 0 Å². The largest absolute Gasteiger partial charge is 0.481 e. The van der Waals surface area contributed by atoms with Crippen LogP contribution in [0.5, 0.6) is 0 Å². The van der Waals surface area contributed by atoms with Gasteiger partial charge in [0.1, 0.15) is 0 Å². The van der Waals surface area contributed by atoms with E-state index < -0.39 is 16.0 Å². The third-order valence-corrected chi connectivity index (χ3v) is 3.80. The highest BCUT2D eigenvalue weighted by atomic mass is 32.2. The van der Waals surface area contributed by atoms with Crippen molar-refractivity contribution >= 4 is 22.0 Å². The van der Waals surface area contributed by atoms with Crippen LogP contribution in [-0.2, 0) is 14.8 Å².